The molecule has 3 rings (SSSR count). The van der Waals surface area contributed by atoms with Crippen LogP contribution in [0.3, 0.4) is 0 Å². The van der Waals surface area contributed by atoms with Crippen molar-refractivity contribution < 1.29 is 4.52 Å². The van der Waals surface area contributed by atoms with Gasteiger partial charge in [0.25, 0.3) is 0 Å². The fourth-order valence-corrected chi connectivity index (χ4v) is 2.68. The van der Waals surface area contributed by atoms with Crippen LogP contribution in [0.5, 0.6) is 0 Å². The summed E-state index contributed by atoms with van der Waals surface area (Å²) < 4.78 is 4.97. The van der Waals surface area contributed by atoms with Crippen LogP contribution in [0.4, 0.5) is 0 Å². The number of nitrogens with zero attached hydrogens (tertiary/aromatic N) is 3. The van der Waals surface area contributed by atoms with Crippen LogP contribution in [0.1, 0.15) is 30.2 Å². The van der Waals surface area contributed by atoms with Crippen molar-refractivity contribution in [2.45, 2.75) is 26.4 Å². The summed E-state index contributed by atoms with van der Waals surface area (Å²) in [6.07, 6.45) is 0. The Labute approximate surface area is 164 Å². The first-order valence-corrected chi connectivity index (χ1v) is 7.91. The highest BCUT2D eigenvalue weighted by Crippen LogP contribution is 2.23. The lowest BCUT2D eigenvalue weighted by Gasteiger charge is -2.19. The molecule has 1 unspecified atom stereocenters. The number of guanidine groups is 1. The molecule has 0 bridgehead atoms. The van der Waals surface area contributed by atoms with Crippen molar-refractivity contribution in [1.29, 1.82) is 0 Å². The van der Waals surface area contributed by atoms with Gasteiger partial charge in [-0.25, -0.2) is 0 Å². The number of aliphatic imine (C=N–C) groups is 1. The van der Waals surface area contributed by atoms with E-state index in [9.17, 15) is 0 Å². The molecule has 0 aliphatic rings. The standard InChI is InChI=1S/C18H21N5O.HI/c1-12(15-10-6-8-14-7-4-5-9-16(14)15)21-18(19-3)20-11-17-22-13(2)24-23-17;/h4-10,12H,11H2,1-3H3,(H2,19,20,21);1H. The number of fused-ring (bicyclic) bond motifs is 1. The second-order valence-corrected chi connectivity index (χ2v) is 5.59. The topological polar surface area (TPSA) is 75.3 Å². The highest BCUT2D eigenvalue weighted by Gasteiger charge is 2.11. The molecule has 1 aromatic heterocycles. The Hall–Kier alpha value is -2.16. The van der Waals surface area contributed by atoms with Gasteiger partial charge in [-0.1, -0.05) is 47.6 Å². The third kappa shape index (κ3) is 4.68. The van der Waals surface area contributed by atoms with E-state index in [4.69, 9.17) is 4.52 Å². The quantitative estimate of drug-likeness (QED) is 0.361. The molecule has 2 aromatic carbocycles. The number of hydrogen-bond donors (Lipinski definition) is 2. The SMILES string of the molecule is CN=C(NCc1noc(C)n1)NC(C)c1cccc2ccccc12.I. The van der Waals surface area contributed by atoms with Crippen LogP contribution in [0.25, 0.3) is 10.8 Å². The van der Waals surface area contributed by atoms with Gasteiger partial charge in [0.15, 0.2) is 11.8 Å². The van der Waals surface area contributed by atoms with Crippen LogP contribution < -0.4 is 10.6 Å². The molecule has 0 amide bonds. The highest BCUT2D eigenvalue weighted by molar-refractivity contribution is 14.0. The van der Waals surface area contributed by atoms with Gasteiger partial charge in [0.1, 0.15) is 0 Å². The Morgan fingerprint density at radius 3 is 2.68 bits per heavy atom. The molecule has 25 heavy (non-hydrogen) atoms. The predicted molar refractivity (Wildman–Crippen MR) is 110 cm³/mol. The lowest BCUT2D eigenvalue weighted by molar-refractivity contribution is 0.386. The van der Waals surface area contributed by atoms with Crippen LogP contribution in [-0.4, -0.2) is 23.1 Å². The van der Waals surface area contributed by atoms with Crippen LogP contribution >= 0.6 is 24.0 Å². The molecule has 132 valence electrons. The number of rotatable bonds is 4. The second kappa shape index (κ2) is 8.80. The van der Waals surface area contributed by atoms with Gasteiger partial charge >= 0.3 is 0 Å². The number of hydrogen-bond acceptors (Lipinski definition) is 4. The Balaban J connectivity index is 0.00000225. The van der Waals surface area contributed by atoms with Gasteiger partial charge in [-0.15, -0.1) is 24.0 Å². The second-order valence-electron chi connectivity index (χ2n) is 5.59. The maximum absolute atomic E-state index is 4.97. The fourth-order valence-electron chi connectivity index (χ4n) is 2.68. The van der Waals surface area contributed by atoms with Gasteiger partial charge in [-0.2, -0.15) is 4.98 Å². The molecule has 1 atom stereocenters. The lowest BCUT2D eigenvalue weighted by atomic mass is 10.00. The molecule has 0 aliphatic carbocycles. The van der Waals surface area contributed by atoms with E-state index in [0.717, 1.165) is 0 Å². The summed E-state index contributed by atoms with van der Waals surface area (Å²) in [5, 5.41) is 12.9. The first-order chi connectivity index (χ1) is 11.7. The van der Waals surface area contributed by atoms with Gasteiger partial charge in [0, 0.05) is 14.0 Å². The van der Waals surface area contributed by atoms with Crippen molar-refractivity contribution >= 4 is 40.7 Å². The Kier molecular flexibility index (Phi) is 6.74. The number of halogens is 1. The Morgan fingerprint density at radius 1 is 1.20 bits per heavy atom. The molecular weight excluding hydrogens is 429 g/mol. The minimum absolute atomic E-state index is 0. The molecule has 0 aliphatic heterocycles. The summed E-state index contributed by atoms with van der Waals surface area (Å²) in [5.74, 6) is 1.85. The molecule has 6 nitrogen and oxygen atoms in total. The number of aromatic nitrogens is 2. The van der Waals surface area contributed by atoms with Crippen molar-refractivity contribution in [1.82, 2.24) is 20.8 Å². The van der Waals surface area contributed by atoms with Crippen LogP contribution in [0, 0.1) is 6.92 Å². The summed E-state index contributed by atoms with van der Waals surface area (Å²) in [6.45, 7) is 4.35. The maximum Gasteiger partial charge on any atom is 0.223 e. The molecule has 0 saturated heterocycles. The van der Waals surface area contributed by atoms with E-state index in [1.807, 2.05) is 0 Å². The molecule has 0 radical (unpaired) electrons. The Morgan fingerprint density at radius 2 is 1.96 bits per heavy atom. The average Bonchev–Trinajstić information content (AvgIpc) is 3.03. The molecule has 0 spiro atoms. The van der Waals surface area contributed by atoms with Gasteiger partial charge in [-0.05, 0) is 23.3 Å². The molecular formula is C18H22IN5O. The van der Waals surface area contributed by atoms with Crippen molar-refractivity contribution in [3.63, 3.8) is 0 Å². The van der Waals surface area contributed by atoms with E-state index >= 15 is 0 Å². The third-order valence-electron chi connectivity index (χ3n) is 3.85. The monoisotopic (exact) mass is 451 g/mol. The van der Waals surface area contributed by atoms with Gasteiger partial charge in [0.05, 0.1) is 12.6 Å². The maximum atomic E-state index is 4.97. The lowest BCUT2D eigenvalue weighted by Crippen LogP contribution is -2.38. The normalized spacial score (nSPS) is 12.5. The number of benzene rings is 2. The minimum atomic E-state index is 0. The molecule has 2 N–H and O–H groups in total. The predicted octanol–water partition coefficient (Wildman–Crippen LogP) is 3.58. The molecule has 0 fully saturated rings. The number of nitrogens with one attached hydrogen (secondary N) is 2. The smallest absolute Gasteiger partial charge is 0.223 e. The summed E-state index contributed by atoms with van der Waals surface area (Å²) in [4.78, 5) is 8.44. The van der Waals surface area contributed by atoms with Crippen molar-refractivity contribution in [2.24, 2.45) is 4.99 Å². The van der Waals surface area contributed by atoms with E-state index in [1.54, 1.807) is 14.0 Å². The van der Waals surface area contributed by atoms with Gasteiger partial charge in [-0.3, -0.25) is 4.99 Å². The van der Waals surface area contributed by atoms with Crippen molar-refractivity contribution in [3.8, 4) is 0 Å². The van der Waals surface area contributed by atoms with E-state index in [0.29, 0.717) is 24.2 Å². The molecule has 3 aromatic rings. The van der Waals surface area contributed by atoms with Crippen molar-refractivity contribution in [2.75, 3.05) is 7.05 Å². The van der Waals surface area contributed by atoms with Crippen LogP contribution in [-0.2, 0) is 6.54 Å². The Bertz CT molecular complexity index is 856. The average molecular weight is 451 g/mol. The summed E-state index contributed by atoms with van der Waals surface area (Å²) >= 11 is 0. The fraction of sp³-hybridized carbons (Fsp3) is 0.278. The highest BCUT2D eigenvalue weighted by atomic mass is 127. The summed E-state index contributed by atoms with van der Waals surface area (Å²) in [5.41, 5.74) is 1.23. The van der Waals surface area contributed by atoms with E-state index in [1.165, 1.54) is 16.3 Å². The van der Waals surface area contributed by atoms with Crippen molar-refractivity contribution in [3.05, 3.63) is 59.7 Å². The number of aryl methyl sites for hydroxylation is 1. The summed E-state index contributed by atoms with van der Waals surface area (Å²) in [6, 6.07) is 14.8. The van der Waals surface area contributed by atoms with E-state index in [2.05, 4.69) is 75.2 Å². The van der Waals surface area contributed by atoms with E-state index < -0.39 is 0 Å². The third-order valence-corrected chi connectivity index (χ3v) is 3.85. The first-order valence-electron chi connectivity index (χ1n) is 7.91. The van der Waals surface area contributed by atoms with E-state index in [-0.39, 0.29) is 30.0 Å². The van der Waals surface area contributed by atoms with Gasteiger partial charge in [0.2, 0.25) is 5.89 Å². The largest absolute Gasteiger partial charge is 0.350 e. The first kappa shape index (κ1) is 19.2. The zero-order valence-electron chi connectivity index (χ0n) is 14.5. The zero-order valence-corrected chi connectivity index (χ0v) is 16.8. The molecule has 0 saturated carbocycles. The molecule has 7 heteroatoms. The molecule has 1 heterocycles. The minimum Gasteiger partial charge on any atom is -0.350 e. The zero-order chi connectivity index (χ0) is 16.9. The van der Waals surface area contributed by atoms with Crippen LogP contribution in [0.2, 0.25) is 0 Å². The van der Waals surface area contributed by atoms with Gasteiger partial charge < -0.3 is 15.2 Å². The summed E-state index contributed by atoms with van der Waals surface area (Å²) in [7, 11) is 1.74. The van der Waals surface area contributed by atoms with Crippen LogP contribution in [0.15, 0.2) is 52.0 Å².